The van der Waals surface area contributed by atoms with Crippen LogP contribution in [-0.4, -0.2) is 5.97 Å². The van der Waals surface area contributed by atoms with Crippen molar-refractivity contribution in [2.24, 2.45) is 11.8 Å². The molecule has 3 rings (SSSR count). The zero-order valence-electron chi connectivity index (χ0n) is 8.72. The van der Waals surface area contributed by atoms with E-state index in [-0.39, 0.29) is 17.8 Å². The van der Waals surface area contributed by atoms with Gasteiger partial charge in [-0.1, -0.05) is 30.3 Å². The Morgan fingerprint density at radius 3 is 2.69 bits per heavy atom. The van der Waals surface area contributed by atoms with Crippen molar-refractivity contribution >= 4 is 5.97 Å². The van der Waals surface area contributed by atoms with Crippen LogP contribution in [0, 0.1) is 23.2 Å². The summed E-state index contributed by atoms with van der Waals surface area (Å²) in [7, 11) is 0. The molecule has 2 fully saturated rings. The number of ether oxygens (including phenoxy) is 1. The predicted molar refractivity (Wildman–Crippen MR) is 56.0 cm³/mol. The number of fused-ring (bicyclic) bond motifs is 1. The molecule has 3 nitrogen and oxygen atoms in total. The molecule has 16 heavy (non-hydrogen) atoms. The van der Waals surface area contributed by atoms with Gasteiger partial charge in [-0.15, -0.1) is 0 Å². The number of esters is 1. The zero-order chi connectivity index (χ0) is 11.2. The Morgan fingerprint density at radius 2 is 2.06 bits per heavy atom. The second-order valence-electron chi connectivity index (χ2n) is 4.39. The number of hydrogen-bond acceptors (Lipinski definition) is 3. The van der Waals surface area contributed by atoms with Crippen LogP contribution >= 0.6 is 0 Å². The van der Waals surface area contributed by atoms with Crippen LogP contribution in [0.4, 0.5) is 0 Å². The van der Waals surface area contributed by atoms with Crippen molar-refractivity contribution in [2.75, 3.05) is 0 Å². The van der Waals surface area contributed by atoms with Crippen LogP contribution in [0.1, 0.15) is 18.4 Å². The Bertz CT molecular complexity index is 476. The lowest BCUT2D eigenvalue weighted by atomic mass is 9.74. The van der Waals surface area contributed by atoms with Crippen molar-refractivity contribution in [3.63, 3.8) is 0 Å². The number of nitriles is 1. The minimum atomic E-state index is -0.646. The monoisotopic (exact) mass is 213 g/mol. The van der Waals surface area contributed by atoms with E-state index in [1.165, 1.54) is 0 Å². The highest BCUT2D eigenvalue weighted by molar-refractivity contribution is 5.82. The highest BCUT2D eigenvalue weighted by Gasteiger charge is 2.65. The second-order valence-corrected chi connectivity index (χ2v) is 4.39. The lowest BCUT2D eigenvalue weighted by Gasteiger charge is -2.45. The smallest absolute Gasteiger partial charge is 0.314 e. The SMILES string of the molecule is N#C[C@@H]1CC[C@@H]2C(=O)O[C@]12c1ccccc1. The molecule has 2 aliphatic rings. The molecule has 80 valence electrons. The molecule has 1 aromatic carbocycles. The quantitative estimate of drug-likeness (QED) is 0.670. The van der Waals surface area contributed by atoms with Crippen molar-refractivity contribution in [3.05, 3.63) is 35.9 Å². The largest absolute Gasteiger partial charge is 0.451 e. The third-order valence-electron chi connectivity index (χ3n) is 3.71. The first-order chi connectivity index (χ1) is 7.79. The van der Waals surface area contributed by atoms with E-state index in [1.54, 1.807) is 0 Å². The van der Waals surface area contributed by atoms with Crippen LogP contribution < -0.4 is 0 Å². The van der Waals surface area contributed by atoms with Gasteiger partial charge in [-0.3, -0.25) is 4.79 Å². The van der Waals surface area contributed by atoms with Gasteiger partial charge in [0.05, 0.1) is 12.0 Å². The Kier molecular flexibility index (Phi) is 1.81. The summed E-state index contributed by atoms with van der Waals surface area (Å²) in [5, 5.41) is 9.16. The summed E-state index contributed by atoms with van der Waals surface area (Å²) >= 11 is 0. The average molecular weight is 213 g/mol. The molecule has 1 saturated heterocycles. The van der Waals surface area contributed by atoms with Gasteiger partial charge in [0, 0.05) is 0 Å². The van der Waals surface area contributed by atoms with E-state index < -0.39 is 5.60 Å². The first-order valence-electron chi connectivity index (χ1n) is 5.47. The Hall–Kier alpha value is -1.82. The minimum absolute atomic E-state index is 0.112. The van der Waals surface area contributed by atoms with E-state index in [0.29, 0.717) is 0 Å². The molecule has 1 heterocycles. The molecule has 1 aromatic rings. The molecule has 0 spiro atoms. The summed E-state index contributed by atoms with van der Waals surface area (Å²) in [5.41, 5.74) is 0.316. The fourth-order valence-electron chi connectivity index (χ4n) is 2.94. The van der Waals surface area contributed by atoms with Crippen molar-refractivity contribution in [3.8, 4) is 6.07 Å². The van der Waals surface area contributed by atoms with E-state index >= 15 is 0 Å². The van der Waals surface area contributed by atoms with Gasteiger partial charge in [0.15, 0.2) is 5.60 Å². The first-order valence-corrected chi connectivity index (χ1v) is 5.47. The minimum Gasteiger partial charge on any atom is -0.451 e. The summed E-state index contributed by atoms with van der Waals surface area (Å²) in [6.45, 7) is 0. The highest BCUT2D eigenvalue weighted by Crippen LogP contribution is 2.57. The molecule has 3 heteroatoms. The van der Waals surface area contributed by atoms with Gasteiger partial charge in [-0.2, -0.15) is 5.26 Å². The lowest BCUT2D eigenvalue weighted by molar-refractivity contribution is -0.215. The molecule has 1 aliphatic carbocycles. The standard InChI is InChI=1S/C13H11NO2/c14-8-10-6-7-11-12(15)16-13(10,11)9-4-2-1-3-5-9/h1-5,10-11H,6-7H2/t10-,11+,13+/m0/s1. The van der Waals surface area contributed by atoms with Gasteiger partial charge in [0.1, 0.15) is 5.92 Å². The fraction of sp³-hybridized carbons (Fsp3) is 0.385. The topological polar surface area (TPSA) is 50.1 Å². The number of carbonyl (C=O) groups is 1. The van der Waals surface area contributed by atoms with Gasteiger partial charge in [-0.25, -0.2) is 0 Å². The zero-order valence-corrected chi connectivity index (χ0v) is 8.72. The maximum Gasteiger partial charge on any atom is 0.314 e. The van der Waals surface area contributed by atoms with Crippen molar-refractivity contribution in [2.45, 2.75) is 18.4 Å². The Balaban J connectivity index is 2.09. The number of hydrogen-bond donors (Lipinski definition) is 0. The maximum absolute atomic E-state index is 11.4. The maximum atomic E-state index is 11.4. The van der Waals surface area contributed by atoms with Crippen LogP contribution in [0.5, 0.6) is 0 Å². The van der Waals surface area contributed by atoms with Crippen molar-refractivity contribution in [1.82, 2.24) is 0 Å². The number of carbonyl (C=O) groups excluding carboxylic acids is 1. The summed E-state index contributed by atoms with van der Waals surface area (Å²) in [4.78, 5) is 11.4. The van der Waals surface area contributed by atoms with Gasteiger partial charge >= 0.3 is 5.97 Å². The molecule has 0 amide bonds. The molecule has 0 unspecified atom stereocenters. The van der Waals surface area contributed by atoms with Crippen LogP contribution in [0.2, 0.25) is 0 Å². The molecule has 1 aliphatic heterocycles. The van der Waals surface area contributed by atoms with E-state index in [0.717, 1.165) is 18.4 Å². The van der Waals surface area contributed by atoms with Gasteiger partial charge in [0.25, 0.3) is 0 Å². The third-order valence-corrected chi connectivity index (χ3v) is 3.71. The highest BCUT2D eigenvalue weighted by atomic mass is 16.6. The molecule has 0 aromatic heterocycles. The first kappa shape index (κ1) is 9.41. The summed E-state index contributed by atoms with van der Waals surface area (Å²) in [5.74, 6) is -0.459. The van der Waals surface area contributed by atoms with E-state index in [1.807, 2.05) is 30.3 Å². The Morgan fingerprint density at radius 1 is 1.31 bits per heavy atom. The van der Waals surface area contributed by atoms with E-state index in [2.05, 4.69) is 6.07 Å². The number of benzene rings is 1. The van der Waals surface area contributed by atoms with Gasteiger partial charge in [-0.05, 0) is 18.4 Å². The van der Waals surface area contributed by atoms with Gasteiger partial charge < -0.3 is 4.74 Å². The van der Waals surface area contributed by atoms with E-state index in [9.17, 15) is 4.79 Å². The van der Waals surface area contributed by atoms with Crippen molar-refractivity contribution in [1.29, 1.82) is 5.26 Å². The van der Waals surface area contributed by atoms with Crippen LogP contribution in [-0.2, 0) is 15.1 Å². The van der Waals surface area contributed by atoms with Crippen LogP contribution in [0.3, 0.4) is 0 Å². The lowest BCUT2D eigenvalue weighted by Crippen LogP contribution is -2.54. The summed E-state index contributed by atoms with van der Waals surface area (Å²) in [6, 6.07) is 11.9. The van der Waals surface area contributed by atoms with Crippen LogP contribution in [0.15, 0.2) is 30.3 Å². The molecule has 0 N–H and O–H groups in total. The average Bonchev–Trinajstić information content (AvgIpc) is 2.63. The second kappa shape index (κ2) is 3.08. The molecular weight excluding hydrogens is 202 g/mol. The molecular formula is C13H11NO2. The van der Waals surface area contributed by atoms with E-state index in [4.69, 9.17) is 10.00 Å². The molecule has 3 atom stereocenters. The van der Waals surface area contributed by atoms with Crippen LogP contribution in [0.25, 0.3) is 0 Å². The molecule has 1 saturated carbocycles. The fourth-order valence-corrected chi connectivity index (χ4v) is 2.94. The summed E-state index contributed by atoms with van der Waals surface area (Å²) < 4.78 is 5.38. The molecule has 0 bridgehead atoms. The number of rotatable bonds is 1. The number of nitrogens with zero attached hydrogens (tertiary/aromatic N) is 1. The molecule has 0 radical (unpaired) electrons. The Labute approximate surface area is 93.6 Å². The van der Waals surface area contributed by atoms with Crippen molar-refractivity contribution < 1.29 is 9.53 Å². The predicted octanol–water partition coefficient (Wildman–Crippen LogP) is 1.99. The van der Waals surface area contributed by atoms with Gasteiger partial charge in [0.2, 0.25) is 0 Å². The third kappa shape index (κ3) is 0.943. The normalized spacial score (nSPS) is 35.8. The summed E-state index contributed by atoms with van der Waals surface area (Å²) in [6.07, 6.45) is 1.52.